The van der Waals surface area contributed by atoms with Crippen LogP contribution in [0, 0.1) is 0 Å². The molecule has 0 saturated carbocycles. The SMILES string of the molecule is CC[C@H](NC(=O)[C@@H]1CCCN2C(=O)CC[C@H](NC)C(=O)N12)C(=O)c1ncc(-c2c(Cl)cccc2Cl)o1.CC[C@H](NC(=O)[C@@H]1CCCN2C(=O)CC[C@H](NC)C(=O)N12)C(O)c1ncc(-c2c(Cl)cccc2Cl)o1. The quantitative estimate of drug-likeness (QED) is 0.0974. The van der Waals surface area contributed by atoms with Gasteiger partial charge in [0.2, 0.25) is 35.3 Å². The van der Waals surface area contributed by atoms with Crippen LogP contribution in [0.3, 0.4) is 0 Å². The molecule has 2 aromatic carbocycles. The van der Waals surface area contributed by atoms with Crippen molar-refractivity contribution in [1.82, 2.24) is 51.3 Å². The molecule has 5 N–H and O–H groups in total. The van der Waals surface area contributed by atoms with Gasteiger partial charge in [0.05, 0.1) is 67.8 Å². The molecule has 0 bridgehead atoms. The molecule has 8 rings (SSSR count). The van der Waals surface area contributed by atoms with E-state index in [1.54, 1.807) is 64.3 Å². The first kappa shape index (κ1) is 54.2. The van der Waals surface area contributed by atoms with Crippen molar-refractivity contribution in [2.24, 2.45) is 0 Å². The number of oxazole rings is 2. The molecule has 0 radical (unpaired) electrons. The third-order valence-corrected chi connectivity index (χ3v) is 14.4. The first-order chi connectivity index (χ1) is 34.5. The average Bonchev–Trinajstić information content (AvgIpc) is 4.02. The monoisotopic (exact) mass is 1070 g/mol. The Morgan fingerprint density at radius 2 is 1.14 bits per heavy atom. The number of likely N-dealkylation sites (N-methyl/N-ethyl adjacent to an activating group) is 2. The third-order valence-electron chi connectivity index (χ3n) is 13.1. The predicted molar refractivity (Wildman–Crippen MR) is 265 cm³/mol. The van der Waals surface area contributed by atoms with Crippen LogP contribution in [-0.2, 0) is 28.8 Å². The van der Waals surface area contributed by atoms with Gasteiger partial charge in [-0.15, -0.1) is 0 Å². The van der Waals surface area contributed by atoms with Crippen LogP contribution in [0.1, 0.15) is 101 Å². The topological polar surface area (TPSA) is 253 Å². The van der Waals surface area contributed by atoms with Crippen LogP contribution in [0.15, 0.2) is 57.6 Å². The Bertz CT molecular complexity index is 2640. The van der Waals surface area contributed by atoms with E-state index in [0.717, 1.165) is 0 Å². The van der Waals surface area contributed by atoms with Crippen molar-refractivity contribution in [3.05, 3.63) is 80.7 Å². The Kier molecular flexibility index (Phi) is 18.0. The summed E-state index contributed by atoms with van der Waals surface area (Å²) in [5.74, 6) is -2.22. The number of nitrogens with one attached hydrogen (secondary N) is 4. The second-order valence-electron chi connectivity index (χ2n) is 17.6. The number of hydrogen-bond acceptors (Lipinski definition) is 14. The fourth-order valence-electron chi connectivity index (χ4n) is 9.22. The molecular weight excluding hydrogens is 1020 g/mol. The maximum absolute atomic E-state index is 13.4. The van der Waals surface area contributed by atoms with Gasteiger partial charge in [-0.1, -0.05) is 72.4 Å². The van der Waals surface area contributed by atoms with Crippen molar-refractivity contribution < 1.29 is 47.5 Å². The highest BCUT2D eigenvalue weighted by molar-refractivity contribution is 6.39. The molecule has 2 aromatic heterocycles. The summed E-state index contributed by atoms with van der Waals surface area (Å²) >= 11 is 25.0. The van der Waals surface area contributed by atoms with Gasteiger partial charge in [0.1, 0.15) is 12.1 Å². The zero-order chi connectivity index (χ0) is 52.0. The number of benzene rings is 2. The van der Waals surface area contributed by atoms with E-state index in [0.29, 0.717) is 89.3 Å². The third kappa shape index (κ3) is 11.4. The number of ketones is 1. The molecule has 4 aromatic rings. The summed E-state index contributed by atoms with van der Waals surface area (Å²) in [6.07, 6.45) is 5.20. The number of hydrazine groups is 2. The number of halogens is 4. The summed E-state index contributed by atoms with van der Waals surface area (Å²) in [6.45, 7) is 4.29. The van der Waals surface area contributed by atoms with Gasteiger partial charge in [-0.2, -0.15) is 0 Å². The van der Waals surface area contributed by atoms with Crippen LogP contribution in [-0.4, -0.2) is 140 Å². The van der Waals surface area contributed by atoms with E-state index in [1.165, 1.54) is 32.4 Å². The number of aromatic nitrogens is 2. The molecular formula is C48H56Cl4N10O10. The number of hydrogen-bond donors (Lipinski definition) is 5. The number of Topliss-reactive ketones (excluding diaryl/α,β-unsaturated/α-hetero) is 1. The largest absolute Gasteiger partial charge is 0.438 e. The molecule has 6 heterocycles. The van der Waals surface area contributed by atoms with Crippen molar-refractivity contribution in [2.45, 2.75) is 120 Å². The van der Waals surface area contributed by atoms with Gasteiger partial charge < -0.3 is 35.2 Å². The maximum atomic E-state index is 13.4. The van der Waals surface area contributed by atoms with Gasteiger partial charge in [0.15, 0.2) is 17.6 Å². The molecule has 1 unspecified atom stereocenters. The van der Waals surface area contributed by atoms with E-state index in [2.05, 4.69) is 31.2 Å². The van der Waals surface area contributed by atoms with Gasteiger partial charge in [-0.3, -0.25) is 43.6 Å². The van der Waals surface area contributed by atoms with Crippen LogP contribution in [0.25, 0.3) is 22.6 Å². The Hall–Kier alpha value is -5.61. The van der Waals surface area contributed by atoms with Crippen LogP contribution in [0.2, 0.25) is 20.1 Å². The van der Waals surface area contributed by atoms with Gasteiger partial charge in [0.25, 0.3) is 17.7 Å². The summed E-state index contributed by atoms with van der Waals surface area (Å²) in [4.78, 5) is 99.7. The van der Waals surface area contributed by atoms with Gasteiger partial charge in [-0.05, 0) is 89.7 Å². The Labute approximate surface area is 435 Å². The molecule has 4 aliphatic rings. The first-order valence-electron chi connectivity index (χ1n) is 23.8. The van der Waals surface area contributed by atoms with Gasteiger partial charge >= 0.3 is 0 Å². The van der Waals surface area contributed by atoms with Crippen LogP contribution in [0.4, 0.5) is 0 Å². The number of aliphatic hydroxyl groups excluding tert-OH is 1. The number of carbonyl (C=O) groups is 7. The van der Waals surface area contributed by atoms with Crippen molar-refractivity contribution >= 4 is 87.6 Å². The zero-order valence-electron chi connectivity index (χ0n) is 40.0. The van der Waals surface area contributed by atoms with E-state index >= 15 is 0 Å². The van der Waals surface area contributed by atoms with Crippen molar-refractivity contribution in [3.8, 4) is 22.6 Å². The number of carbonyl (C=O) groups excluding carboxylic acids is 7. The van der Waals surface area contributed by atoms with Crippen LogP contribution in [0.5, 0.6) is 0 Å². The van der Waals surface area contributed by atoms with E-state index in [1.807, 2.05) is 0 Å². The molecule has 72 heavy (non-hydrogen) atoms. The minimum Gasteiger partial charge on any atom is -0.438 e. The zero-order valence-corrected chi connectivity index (χ0v) is 43.0. The lowest BCUT2D eigenvalue weighted by atomic mass is 10.0. The Balaban J connectivity index is 0.000000211. The molecule has 0 aliphatic carbocycles. The molecule has 386 valence electrons. The second kappa shape index (κ2) is 24.0. The highest BCUT2D eigenvalue weighted by Gasteiger charge is 2.46. The summed E-state index contributed by atoms with van der Waals surface area (Å²) in [6, 6.07) is 5.41. The number of rotatable bonds is 14. The second-order valence-corrected chi connectivity index (χ2v) is 19.2. The van der Waals surface area contributed by atoms with E-state index in [9.17, 15) is 38.7 Å². The average molecular weight is 1070 g/mol. The smallest absolute Gasteiger partial charge is 0.265 e. The summed E-state index contributed by atoms with van der Waals surface area (Å²) < 4.78 is 11.4. The summed E-state index contributed by atoms with van der Waals surface area (Å²) in [5, 5.41) is 29.2. The normalized spacial score (nSPS) is 21.6. The van der Waals surface area contributed by atoms with E-state index in [-0.39, 0.29) is 66.2 Å². The Morgan fingerprint density at radius 3 is 1.60 bits per heavy atom. The van der Waals surface area contributed by atoms with E-state index in [4.69, 9.17) is 55.2 Å². The predicted octanol–water partition coefficient (Wildman–Crippen LogP) is 5.54. The summed E-state index contributed by atoms with van der Waals surface area (Å²) in [7, 11) is 3.31. The summed E-state index contributed by atoms with van der Waals surface area (Å²) in [5.41, 5.74) is 0.866. The number of aliphatic hydroxyl groups is 1. The van der Waals surface area contributed by atoms with E-state index < -0.39 is 60.0 Å². The fourth-order valence-corrected chi connectivity index (χ4v) is 10.4. The molecule has 4 saturated heterocycles. The number of fused-ring (bicyclic) bond motifs is 2. The lowest BCUT2D eigenvalue weighted by Gasteiger charge is -2.43. The molecule has 0 spiro atoms. The lowest BCUT2D eigenvalue weighted by molar-refractivity contribution is -0.176. The van der Waals surface area contributed by atoms with Crippen molar-refractivity contribution in [3.63, 3.8) is 0 Å². The molecule has 4 aliphatic heterocycles. The maximum Gasteiger partial charge on any atom is 0.265 e. The highest BCUT2D eigenvalue weighted by atomic mass is 35.5. The Morgan fingerprint density at radius 1 is 0.681 bits per heavy atom. The number of nitrogens with zero attached hydrogens (tertiary/aromatic N) is 6. The van der Waals surface area contributed by atoms with Gasteiger partial charge in [-0.25, -0.2) is 20.0 Å². The molecule has 20 nitrogen and oxygen atoms in total. The molecule has 7 atom stereocenters. The fraction of sp³-hybridized carbons (Fsp3) is 0.479. The molecule has 6 amide bonds. The lowest BCUT2D eigenvalue weighted by Crippen LogP contribution is -2.64. The molecule has 24 heteroatoms. The van der Waals surface area contributed by atoms with Gasteiger partial charge in [0, 0.05) is 25.9 Å². The first-order valence-corrected chi connectivity index (χ1v) is 25.3. The van der Waals surface area contributed by atoms with Crippen molar-refractivity contribution in [1.29, 1.82) is 0 Å². The van der Waals surface area contributed by atoms with Crippen molar-refractivity contribution in [2.75, 3.05) is 27.2 Å². The minimum absolute atomic E-state index is 0.00493. The standard InChI is InChI=1S/C24H29Cl2N5O5.C24H27Cl2N5O5/c2*1-3-15(21(33)23-28-12-18(36-23)20-13(25)6-4-7-14(20)26)29-22(34)17-8-5-11-30-19(32)10-9-16(27-2)24(35)31(17)30/h4,6-7,12,15-17,21,27,33H,3,5,8-11H2,1-2H3,(H,29,34);4,6-7,12,15-17,27H,3,5,8-11H2,1-2H3,(H,29,34)/t15-,16-,17-,21?;15-,16-,17-/m00/s1. The minimum atomic E-state index is -1.26. The van der Waals surface area contributed by atoms with Crippen LogP contribution >= 0.6 is 46.4 Å². The molecule has 4 fully saturated rings. The highest BCUT2D eigenvalue weighted by Crippen LogP contribution is 2.37. The van der Waals surface area contributed by atoms with Crippen LogP contribution < -0.4 is 21.3 Å². The number of amides is 6.